The van der Waals surface area contributed by atoms with Crippen LogP contribution in [0.5, 0.6) is 0 Å². The Morgan fingerprint density at radius 3 is 2.14 bits per heavy atom. The number of thiophene rings is 1. The molecule has 2 rings (SSSR count). The maximum absolute atomic E-state index is 12.8. The fraction of sp³-hybridized carbons (Fsp3) is 0.607. The summed E-state index contributed by atoms with van der Waals surface area (Å²) >= 11 is 1.51. The first-order valence-electron chi connectivity index (χ1n) is 12.7. The monoisotopic (exact) mass is 521 g/mol. The van der Waals surface area contributed by atoms with Gasteiger partial charge < -0.3 is 10.4 Å². The van der Waals surface area contributed by atoms with Crippen molar-refractivity contribution < 1.29 is 18.3 Å². The summed E-state index contributed by atoms with van der Waals surface area (Å²) in [6.07, 6.45) is 6.12. The molecule has 1 aromatic heterocycles. The standard InChI is InChI=1S/C28H43NO4S2/c1-8-27(31,9-2)15-14-22-12-13-23(18-20(22)5)28(10-3,11-4)24-19-21(6)25(34-24)26(30)29-16-17-35(7,32)33/h12-13,18-19,31H,8-11,14-17H2,1-7H3,(H,29,30). The summed E-state index contributed by atoms with van der Waals surface area (Å²) in [5, 5.41) is 13.5. The number of hydrogen-bond donors (Lipinski definition) is 2. The van der Waals surface area contributed by atoms with Crippen LogP contribution in [0, 0.1) is 13.8 Å². The molecule has 5 nitrogen and oxygen atoms in total. The van der Waals surface area contributed by atoms with Gasteiger partial charge in [-0.15, -0.1) is 11.3 Å². The van der Waals surface area contributed by atoms with Crippen molar-refractivity contribution in [2.45, 2.75) is 91.1 Å². The molecule has 0 saturated carbocycles. The van der Waals surface area contributed by atoms with E-state index in [2.05, 4.69) is 50.4 Å². The highest BCUT2D eigenvalue weighted by Crippen LogP contribution is 2.44. The number of carbonyl (C=O) groups excluding carboxylic acids is 1. The fourth-order valence-corrected chi connectivity index (χ4v) is 6.68. The van der Waals surface area contributed by atoms with Crippen LogP contribution in [0.25, 0.3) is 0 Å². The Labute approximate surface area is 216 Å². The van der Waals surface area contributed by atoms with Gasteiger partial charge in [0, 0.05) is 23.1 Å². The number of aliphatic hydroxyl groups is 1. The summed E-state index contributed by atoms with van der Waals surface area (Å²) in [6.45, 7) is 12.7. The van der Waals surface area contributed by atoms with Crippen molar-refractivity contribution in [3.63, 3.8) is 0 Å². The minimum Gasteiger partial charge on any atom is -0.390 e. The maximum Gasteiger partial charge on any atom is 0.261 e. The second-order valence-electron chi connectivity index (χ2n) is 9.87. The minimum atomic E-state index is -3.12. The zero-order valence-electron chi connectivity index (χ0n) is 22.5. The van der Waals surface area contributed by atoms with Gasteiger partial charge in [-0.25, -0.2) is 8.42 Å². The van der Waals surface area contributed by atoms with Crippen LogP contribution in [-0.2, 0) is 21.7 Å². The predicted molar refractivity (Wildman–Crippen MR) is 147 cm³/mol. The number of rotatable bonds is 13. The maximum atomic E-state index is 12.8. The summed E-state index contributed by atoms with van der Waals surface area (Å²) in [4.78, 5) is 14.6. The number of sulfone groups is 1. The molecule has 0 fully saturated rings. The van der Waals surface area contributed by atoms with Gasteiger partial charge in [-0.2, -0.15) is 0 Å². The molecule has 0 saturated heterocycles. The number of nitrogens with one attached hydrogen (secondary N) is 1. The first-order valence-corrected chi connectivity index (χ1v) is 15.6. The summed E-state index contributed by atoms with van der Waals surface area (Å²) in [6, 6.07) is 8.82. The van der Waals surface area contributed by atoms with Gasteiger partial charge in [0.1, 0.15) is 9.84 Å². The molecule has 0 aliphatic carbocycles. The molecule has 0 radical (unpaired) electrons. The summed E-state index contributed by atoms with van der Waals surface area (Å²) in [5.41, 5.74) is 3.86. The molecule has 35 heavy (non-hydrogen) atoms. The molecule has 2 N–H and O–H groups in total. The number of amides is 1. The molecule has 1 heterocycles. The lowest BCUT2D eigenvalue weighted by atomic mass is 9.73. The van der Waals surface area contributed by atoms with E-state index in [0.29, 0.717) is 4.88 Å². The first-order chi connectivity index (χ1) is 16.3. The van der Waals surface area contributed by atoms with E-state index in [0.717, 1.165) is 49.0 Å². The lowest BCUT2D eigenvalue weighted by Crippen LogP contribution is -2.28. The van der Waals surface area contributed by atoms with Gasteiger partial charge in [0.15, 0.2) is 0 Å². The van der Waals surface area contributed by atoms with E-state index in [9.17, 15) is 18.3 Å². The summed E-state index contributed by atoms with van der Waals surface area (Å²) < 4.78 is 22.8. The van der Waals surface area contributed by atoms with Crippen LogP contribution in [0.3, 0.4) is 0 Å². The smallest absolute Gasteiger partial charge is 0.261 e. The van der Waals surface area contributed by atoms with Crippen LogP contribution in [0.2, 0.25) is 0 Å². The van der Waals surface area contributed by atoms with Gasteiger partial charge in [-0.1, -0.05) is 45.9 Å². The van der Waals surface area contributed by atoms with Gasteiger partial charge in [0.05, 0.1) is 16.2 Å². The Morgan fingerprint density at radius 1 is 1.00 bits per heavy atom. The summed E-state index contributed by atoms with van der Waals surface area (Å²) in [5.74, 6) is -0.280. The Hall–Kier alpha value is -1.70. The molecule has 0 aliphatic heterocycles. The molecule has 2 aromatic rings. The second-order valence-corrected chi connectivity index (χ2v) is 13.2. The highest BCUT2D eigenvalue weighted by molar-refractivity contribution is 7.90. The number of carbonyl (C=O) groups is 1. The zero-order chi connectivity index (χ0) is 26.4. The second kappa shape index (κ2) is 12.0. The molecular weight excluding hydrogens is 478 g/mol. The van der Waals surface area contributed by atoms with Crippen molar-refractivity contribution in [3.8, 4) is 0 Å². The van der Waals surface area contributed by atoms with Crippen LogP contribution >= 0.6 is 11.3 Å². The SMILES string of the molecule is CCC(O)(CC)CCc1ccc(C(CC)(CC)c2cc(C)c(C(=O)NCCS(C)(=O)=O)s2)cc1C. The average Bonchev–Trinajstić information content (AvgIpc) is 3.20. The van der Waals surface area contributed by atoms with Crippen molar-refractivity contribution in [3.05, 3.63) is 56.3 Å². The van der Waals surface area contributed by atoms with E-state index >= 15 is 0 Å². The number of hydrogen-bond acceptors (Lipinski definition) is 5. The van der Waals surface area contributed by atoms with Crippen LogP contribution < -0.4 is 5.32 Å². The third-order valence-corrected chi connectivity index (χ3v) is 10.0. The lowest BCUT2D eigenvalue weighted by molar-refractivity contribution is 0.0239. The predicted octanol–water partition coefficient (Wildman–Crippen LogP) is 5.73. The summed E-state index contributed by atoms with van der Waals surface area (Å²) in [7, 11) is -3.12. The highest BCUT2D eigenvalue weighted by Gasteiger charge is 2.34. The molecule has 0 atom stereocenters. The van der Waals surface area contributed by atoms with Gasteiger partial charge in [0.25, 0.3) is 5.91 Å². The average molecular weight is 522 g/mol. The van der Waals surface area contributed by atoms with Gasteiger partial charge >= 0.3 is 0 Å². The van der Waals surface area contributed by atoms with E-state index in [4.69, 9.17) is 0 Å². The number of benzene rings is 1. The molecule has 1 aromatic carbocycles. The molecule has 7 heteroatoms. The van der Waals surface area contributed by atoms with Gasteiger partial charge in [0.2, 0.25) is 0 Å². The molecular formula is C28H43NO4S2. The minimum absolute atomic E-state index is 0.0661. The van der Waals surface area contributed by atoms with Crippen molar-refractivity contribution in [1.29, 1.82) is 0 Å². The fourth-order valence-electron chi connectivity index (χ4n) is 4.77. The lowest BCUT2D eigenvalue weighted by Gasteiger charge is -2.32. The third-order valence-electron chi connectivity index (χ3n) is 7.63. The normalized spacial score (nSPS) is 12.7. The highest BCUT2D eigenvalue weighted by atomic mass is 32.2. The largest absolute Gasteiger partial charge is 0.390 e. The van der Waals surface area contributed by atoms with E-state index in [1.165, 1.54) is 34.3 Å². The van der Waals surface area contributed by atoms with Gasteiger partial charge in [-0.3, -0.25) is 4.79 Å². The van der Waals surface area contributed by atoms with Gasteiger partial charge in [-0.05, 0) is 80.7 Å². The number of aryl methyl sites for hydroxylation is 3. The van der Waals surface area contributed by atoms with Crippen molar-refractivity contribution in [2.75, 3.05) is 18.6 Å². The van der Waals surface area contributed by atoms with E-state index in [-0.39, 0.29) is 23.6 Å². The first kappa shape index (κ1) is 29.5. The molecule has 0 aliphatic rings. The Morgan fingerprint density at radius 2 is 1.63 bits per heavy atom. The molecule has 196 valence electrons. The third kappa shape index (κ3) is 7.17. The molecule has 1 amide bonds. The van der Waals surface area contributed by atoms with E-state index in [1.807, 2.05) is 20.8 Å². The van der Waals surface area contributed by atoms with Crippen LogP contribution in [0.4, 0.5) is 0 Å². The zero-order valence-corrected chi connectivity index (χ0v) is 24.1. The van der Waals surface area contributed by atoms with Crippen LogP contribution in [0.1, 0.15) is 96.6 Å². The Bertz CT molecular complexity index is 1110. The quantitative estimate of drug-likeness (QED) is 0.353. The van der Waals surface area contributed by atoms with E-state index in [1.54, 1.807) is 0 Å². The molecule has 0 unspecified atom stereocenters. The molecule has 0 bridgehead atoms. The van der Waals surface area contributed by atoms with Crippen LogP contribution in [0.15, 0.2) is 24.3 Å². The van der Waals surface area contributed by atoms with Crippen LogP contribution in [-0.4, -0.2) is 43.6 Å². The van der Waals surface area contributed by atoms with Crippen molar-refractivity contribution in [2.24, 2.45) is 0 Å². The van der Waals surface area contributed by atoms with E-state index < -0.39 is 15.4 Å². The topological polar surface area (TPSA) is 83.5 Å². The molecule has 0 spiro atoms. The Kier molecular flexibility index (Phi) is 10.1. The van der Waals surface area contributed by atoms with Crippen molar-refractivity contribution in [1.82, 2.24) is 5.32 Å². The van der Waals surface area contributed by atoms with Crippen molar-refractivity contribution >= 4 is 27.1 Å². The Balaban J connectivity index is 2.33.